The van der Waals surface area contributed by atoms with Gasteiger partial charge >= 0.3 is 0 Å². The largest absolute Gasteiger partial charge is 0.381 e. The Morgan fingerprint density at radius 1 is 1.54 bits per heavy atom. The van der Waals surface area contributed by atoms with Crippen LogP contribution in [-0.2, 0) is 13.6 Å². The van der Waals surface area contributed by atoms with Gasteiger partial charge in [0.15, 0.2) is 5.82 Å². The molecule has 2 rings (SSSR count). The Morgan fingerprint density at radius 3 is 2.92 bits per heavy atom. The Morgan fingerprint density at radius 2 is 2.38 bits per heavy atom. The molecule has 0 unspecified atom stereocenters. The fourth-order valence-electron chi connectivity index (χ4n) is 1.10. The zero-order valence-electron chi connectivity index (χ0n) is 7.25. The van der Waals surface area contributed by atoms with Crippen molar-refractivity contribution in [3.05, 3.63) is 24.2 Å². The van der Waals surface area contributed by atoms with Gasteiger partial charge in [0.25, 0.3) is 0 Å². The van der Waals surface area contributed by atoms with Crippen molar-refractivity contribution in [2.45, 2.75) is 6.54 Å². The highest BCUT2D eigenvalue weighted by Gasteiger charge is 2.00. The SMILES string of the molecule is Cn1ccc(Cn2cc(N)nn2)n1. The van der Waals surface area contributed by atoms with Gasteiger partial charge in [-0.1, -0.05) is 5.21 Å². The van der Waals surface area contributed by atoms with Crippen molar-refractivity contribution < 1.29 is 0 Å². The number of nitrogens with two attached hydrogens (primary N) is 1. The molecule has 0 radical (unpaired) electrons. The van der Waals surface area contributed by atoms with Crippen molar-refractivity contribution in [1.82, 2.24) is 24.8 Å². The van der Waals surface area contributed by atoms with Crippen LogP contribution in [0.4, 0.5) is 5.82 Å². The maximum absolute atomic E-state index is 5.42. The second-order valence-corrected chi connectivity index (χ2v) is 2.82. The van der Waals surface area contributed by atoms with Gasteiger partial charge in [-0.25, -0.2) is 4.68 Å². The van der Waals surface area contributed by atoms with E-state index in [1.165, 1.54) is 0 Å². The summed E-state index contributed by atoms with van der Waals surface area (Å²) in [5, 5.41) is 11.7. The molecule has 0 fully saturated rings. The minimum absolute atomic E-state index is 0.427. The van der Waals surface area contributed by atoms with Gasteiger partial charge in [0.2, 0.25) is 0 Å². The molecule has 0 aromatic carbocycles. The van der Waals surface area contributed by atoms with Gasteiger partial charge in [-0.3, -0.25) is 4.68 Å². The number of aryl methyl sites for hydroxylation is 1. The molecule has 2 aromatic heterocycles. The molecule has 0 aliphatic rings. The van der Waals surface area contributed by atoms with E-state index in [0.717, 1.165) is 5.69 Å². The fraction of sp³-hybridized carbons (Fsp3) is 0.286. The third-order valence-electron chi connectivity index (χ3n) is 1.65. The third kappa shape index (κ3) is 1.66. The standard InChI is InChI=1S/C7H10N6/c1-12-3-2-6(10-12)4-13-5-7(8)9-11-13/h2-3,5H,4,8H2,1H3. The second kappa shape index (κ2) is 2.89. The first-order chi connectivity index (χ1) is 6.24. The first-order valence-corrected chi connectivity index (χ1v) is 3.88. The molecule has 2 heterocycles. The van der Waals surface area contributed by atoms with E-state index in [1.807, 2.05) is 19.3 Å². The van der Waals surface area contributed by atoms with Crippen LogP contribution in [0.2, 0.25) is 0 Å². The zero-order valence-corrected chi connectivity index (χ0v) is 7.25. The van der Waals surface area contributed by atoms with Gasteiger partial charge in [-0.2, -0.15) is 5.10 Å². The fourth-order valence-corrected chi connectivity index (χ4v) is 1.10. The maximum atomic E-state index is 5.42. The normalized spacial score (nSPS) is 10.5. The molecule has 0 bridgehead atoms. The molecular weight excluding hydrogens is 168 g/mol. The Kier molecular flexibility index (Phi) is 1.73. The average Bonchev–Trinajstić information content (AvgIpc) is 2.62. The van der Waals surface area contributed by atoms with Crippen molar-refractivity contribution in [2.24, 2.45) is 7.05 Å². The summed E-state index contributed by atoms with van der Waals surface area (Å²) in [5.41, 5.74) is 6.35. The van der Waals surface area contributed by atoms with Gasteiger partial charge in [-0.05, 0) is 6.07 Å². The lowest BCUT2D eigenvalue weighted by molar-refractivity contribution is 0.624. The molecular formula is C7H10N6. The van der Waals surface area contributed by atoms with Crippen LogP contribution in [0.15, 0.2) is 18.5 Å². The maximum Gasteiger partial charge on any atom is 0.165 e. The summed E-state index contributed by atoms with van der Waals surface area (Å²) in [6.45, 7) is 0.602. The monoisotopic (exact) mass is 178 g/mol. The number of nitrogen functional groups attached to an aromatic ring is 1. The number of hydrogen-bond acceptors (Lipinski definition) is 4. The summed E-state index contributed by atoms with van der Waals surface area (Å²) in [6, 6.07) is 1.93. The molecule has 0 atom stereocenters. The average molecular weight is 178 g/mol. The quantitative estimate of drug-likeness (QED) is 0.681. The van der Waals surface area contributed by atoms with Crippen LogP contribution in [0.5, 0.6) is 0 Å². The van der Waals surface area contributed by atoms with E-state index in [-0.39, 0.29) is 0 Å². The van der Waals surface area contributed by atoms with E-state index in [2.05, 4.69) is 15.4 Å². The number of anilines is 1. The van der Waals surface area contributed by atoms with E-state index in [9.17, 15) is 0 Å². The highest BCUT2D eigenvalue weighted by molar-refractivity contribution is 5.20. The summed E-state index contributed by atoms with van der Waals surface area (Å²) >= 11 is 0. The Labute approximate surface area is 75.0 Å². The van der Waals surface area contributed by atoms with E-state index < -0.39 is 0 Å². The van der Waals surface area contributed by atoms with Gasteiger partial charge < -0.3 is 5.73 Å². The number of nitrogens with zero attached hydrogens (tertiary/aromatic N) is 5. The Balaban J connectivity index is 2.14. The lowest BCUT2D eigenvalue weighted by Crippen LogP contribution is -2.01. The van der Waals surface area contributed by atoms with E-state index in [0.29, 0.717) is 12.4 Å². The topological polar surface area (TPSA) is 74.5 Å². The summed E-state index contributed by atoms with van der Waals surface area (Å²) in [5.74, 6) is 0.427. The first kappa shape index (κ1) is 7.78. The molecule has 0 amide bonds. The zero-order chi connectivity index (χ0) is 9.26. The molecule has 2 aromatic rings. The van der Waals surface area contributed by atoms with E-state index >= 15 is 0 Å². The smallest absolute Gasteiger partial charge is 0.165 e. The highest BCUT2D eigenvalue weighted by Crippen LogP contribution is 1.99. The molecule has 0 aliphatic carbocycles. The van der Waals surface area contributed by atoms with Gasteiger partial charge in [0, 0.05) is 13.2 Å². The molecule has 6 heteroatoms. The summed E-state index contributed by atoms with van der Waals surface area (Å²) < 4.78 is 3.40. The molecule has 0 spiro atoms. The van der Waals surface area contributed by atoms with Crippen molar-refractivity contribution in [3.63, 3.8) is 0 Å². The van der Waals surface area contributed by atoms with Crippen LogP contribution in [0.25, 0.3) is 0 Å². The second-order valence-electron chi connectivity index (χ2n) is 2.82. The molecule has 0 aliphatic heterocycles. The van der Waals surface area contributed by atoms with Gasteiger partial charge in [-0.15, -0.1) is 5.10 Å². The molecule has 2 N–H and O–H groups in total. The Bertz CT molecular complexity index is 362. The van der Waals surface area contributed by atoms with E-state index in [4.69, 9.17) is 5.73 Å². The molecule has 13 heavy (non-hydrogen) atoms. The van der Waals surface area contributed by atoms with Crippen LogP contribution in [0.3, 0.4) is 0 Å². The predicted octanol–water partition coefficient (Wildman–Crippen LogP) is -0.358. The minimum atomic E-state index is 0.427. The Hall–Kier alpha value is -1.85. The van der Waals surface area contributed by atoms with Crippen molar-refractivity contribution in [3.8, 4) is 0 Å². The lowest BCUT2D eigenvalue weighted by Gasteiger charge is -1.94. The predicted molar refractivity (Wildman–Crippen MR) is 46.7 cm³/mol. The van der Waals surface area contributed by atoms with E-state index in [1.54, 1.807) is 15.6 Å². The van der Waals surface area contributed by atoms with Crippen LogP contribution >= 0.6 is 0 Å². The van der Waals surface area contributed by atoms with Crippen molar-refractivity contribution in [2.75, 3.05) is 5.73 Å². The van der Waals surface area contributed by atoms with Gasteiger partial charge in [0.05, 0.1) is 18.4 Å². The first-order valence-electron chi connectivity index (χ1n) is 3.88. The highest BCUT2D eigenvalue weighted by atomic mass is 15.4. The van der Waals surface area contributed by atoms with Crippen LogP contribution in [0, 0.1) is 0 Å². The van der Waals surface area contributed by atoms with Gasteiger partial charge in [0.1, 0.15) is 0 Å². The van der Waals surface area contributed by atoms with Crippen LogP contribution < -0.4 is 5.73 Å². The number of hydrogen-bond donors (Lipinski definition) is 1. The third-order valence-corrected chi connectivity index (χ3v) is 1.65. The van der Waals surface area contributed by atoms with Crippen molar-refractivity contribution >= 4 is 5.82 Å². The summed E-state index contributed by atoms with van der Waals surface area (Å²) in [6.07, 6.45) is 3.56. The molecule has 0 saturated heterocycles. The van der Waals surface area contributed by atoms with Crippen LogP contribution in [0.1, 0.15) is 5.69 Å². The molecule has 0 saturated carbocycles. The minimum Gasteiger partial charge on any atom is -0.381 e. The molecule has 68 valence electrons. The summed E-state index contributed by atoms with van der Waals surface area (Å²) in [7, 11) is 1.87. The summed E-state index contributed by atoms with van der Waals surface area (Å²) in [4.78, 5) is 0. The number of aromatic nitrogens is 5. The lowest BCUT2D eigenvalue weighted by atomic mass is 10.4. The van der Waals surface area contributed by atoms with Crippen LogP contribution in [-0.4, -0.2) is 24.8 Å². The number of rotatable bonds is 2. The van der Waals surface area contributed by atoms with Crippen molar-refractivity contribution in [1.29, 1.82) is 0 Å². The molecule has 6 nitrogen and oxygen atoms in total.